The molecule has 1 aromatic rings. The molecule has 0 saturated carbocycles. The smallest absolute Gasteiger partial charge is 0.269 e. The second-order valence-electron chi connectivity index (χ2n) is 6.05. The maximum atomic E-state index is 12.9. The number of benzene rings is 1. The van der Waals surface area contributed by atoms with Gasteiger partial charge in [0.2, 0.25) is 5.91 Å². The van der Waals surface area contributed by atoms with E-state index in [1.165, 1.54) is 6.07 Å². The zero-order chi connectivity index (χ0) is 17.0. The third-order valence-electron chi connectivity index (χ3n) is 4.46. The third-order valence-corrected chi connectivity index (χ3v) is 4.46. The van der Waals surface area contributed by atoms with Crippen LogP contribution in [0.25, 0.3) is 0 Å². The van der Waals surface area contributed by atoms with Crippen molar-refractivity contribution in [1.29, 1.82) is 0 Å². The van der Waals surface area contributed by atoms with Gasteiger partial charge in [0.1, 0.15) is 0 Å². The van der Waals surface area contributed by atoms with E-state index >= 15 is 0 Å². The van der Waals surface area contributed by atoms with E-state index in [4.69, 9.17) is 4.74 Å². The molecule has 0 aromatic heterocycles. The normalized spacial score (nSPS) is 16.3. The monoisotopic (exact) mass is 318 g/mol. The van der Waals surface area contributed by atoms with Crippen LogP contribution in [0.4, 0.5) is 5.69 Å². The standard InChI is InChI=1S/C17H22N2O4/c1-4-17(2,8-10-23-3)16(20)18-9-7-13-5-6-15(19(21)22)11-14(13)12-18/h4-6,11H,1,7-10,12H2,2-3H3/t17-/m1/s1. The summed E-state index contributed by atoms with van der Waals surface area (Å²) in [6.45, 7) is 7.12. The Morgan fingerprint density at radius 2 is 2.26 bits per heavy atom. The number of hydrogen-bond acceptors (Lipinski definition) is 4. The van der Waals surface area contributed by atoms with E-state index < -0.39 is 10.3 Å². The fourth-order valence-corrected chi connectivity index (χ4v) is 2.80. The first-order valence-corrected chi connectivity index (χ1v) is 7.59. The van der Waals surface area contributed by atoms with Gasteiger partial charge in [-0.15, -0.1) is 6.58 Å². The highest BCUT2D eigenvalue weighted by atomic mass is 16.6. The van der Waals surface area contributed by atoms with Crippen LogP contribution in [0.5, 0.6) is 0 Å². The quantitative estimate of drug-likeness (QED) is 0.459. The van der Waals surface area contributed by atoms with Gasteiger partial charge >= 0.3 is 0 Å². The summed E-state index contributed by atoms with van der Waals surface area (Å²) in [6.07, 6.45) is 2.93. The Morgan fingerprint density at radius 3 is 2.87 bits per heavy atom. The van der Waals surface area contributed by atoms with Crippen LogP contribution in [-0.2, 0) is 22.5 Å². The summed E-state index contributed by atoms with van der Waals surface area (Å²) in [5.74, 6) is -0.0123. The first kappa shape index (κ1) is 17.1. The highest BCUT2D eigenvalue weighted by molar-refractivity contribution is 5.84. The van der Waals surface area contributed by atoms with Crippen LogP contribution in [0.1, 0.15) is 24.5 Å². The minimum atomic E-state index is -0.686. The fourth-order valence-electron chi connectivity index (χ4n) is 2.80. The molecular formula is C17H22N2O4. The van der Waals surface area contributed by atoms with Crippen molar-refractivity contribution in [3.63, 3.8) is 0 Å². The van der Waals surface area contributed by atoms with E-state index in [2.05, 4.69) is 6.58 Å². The van der Waals surface area contributed by atoms with Gasteiger partial charge in [0, 0.05) is 38.9 Å². The minimum Gasteiger partial charge on any atom is -0.385 e. The first-order valence-electron chi connectivity index (χ1n) is 7.59. The summed E-state index contributed by atoms with van der Waals surface area (Å²) >= 11 is 0. The highest BCUT2D eigenvalue weighted by Gasteiger charge is 2.35. The lowest BCUT2D eigenvalue weighted by Gasteiger charge is -2.35. The molecule has 1 aliphatic rings. The SMILES string of the molecule is C=C[C@](C)(CCOC)C(=O)N1CCc2ccc([N+](=O)[O-])cc2C1. The molecule has 1 aromatic carbocycles. The largest absolute Gasteiger partial charge is 0.385 e. The number of nitrogens with zero attached hydrogens (tertiary/aromatic N) is 2. The lowest BCUT2D eigenvalue weighted by Crippen LogP contribution is -2.44. The molecule has 6 nitrogen and oxygen atoms in total. The lowest BCUT2D eigenvalue weighted by molar-refractivity contribution is -0.385. The Kier molecular flexibility index (Phi) is 5.15. The van der Waals surface area contributed by atoms with Crippen LogP contribution >= 0.6 is 0 Å². The number of non-ortho nitro benzene ring substituents is 1. The molecule has 1 atom stereocenters. The molecular weight excluding hydrogens is 296 g/mol. The van der Waals surface area contributed by atoms with Gasteiger partial charge in [-0.1, -0.05) is 12.1 Å². The van der Waals surface area contributed by atoms with Gasteiger partial charge in [-0.25, -0.2) is 0 Å². The van der Waals surface area contributed by atoms with E-state index in [-0.39, 0.29) is 11.6 Å². The van der Waals surface area contributed by atoms with Crippen molar-refractivity contribution < 1.29 is 14.5 Å². The molecule has 0 unspecified atom stereocenters. The number of rotatable bonds is 6. The van der Waals surface area contributed by atoms with Gasteiger partial charge in [-0.05, 0) is 30.9 Å². The number of ether oxygens (including phenoxy) is 1. The third kappa shape index (κ3) is 3.59. The maximum absolute atomic E-state index is 12.9. The molecule has 2 rings (SSSR count). The number of carbonyl (C=O) groups excluding carboxylic acids is 1. The summed E-state index contributed by atoms with van der Waals surface area (Å²) in [5.41, 5.74) is 1.28. The molecule has 0 aliphatic carbocycles. The van der Waals surface area contributed by atoms with Gasteiger partial charge < -0.3 is 9.64 Å². The van der Waals surface area contributed by atoms with E-state index in [0.717, 1.165) is 11.1 Å². The Balaban J connectivity index is 2.20. The van der Waals surface area contributed by atoms with Crippen molar-refractivity contribution in [3.8, 4) is 0 Å². The summed E-state index contributed by atoms with van der Waals surface area (Å²) < 4.78 is 5.08. The number of amides is 1. The molecule has 6 heteroatoms. The minimum absolute atomic E-state index is 0.0123. The van der Waals surface area contributed by atoms with Crippen molar-refractivity contribution in [2.45, 2.75) is 26.3 Å². The highest BCUT2D eigenvalue weighted by Crippen LogP contribution is 2.30. The van der Waals surface area contributed by atoms with Crippen LogP contribution in [-0.4, -0.2) is 36.0 Å². The van der Waals surface area contributed by atoms with Crippen molar-refractivity contribution in [2.24, 2.45) is 5.41 Å². The Labute approximate surface area is 135 Å². The molecule has 0 N–H and O–H groups in total. The summed E-state index contributed by atoms with van der Waals surface area (Å²) in [6, 6.07) is 4.87. The second kappa shape index (κ2) is 6.91. The number of carbonyl (C=O) groups is 1. The maximum Gasteiger partial charge on any atom is 0.269 e. The first-order chi connectivity index (χ1) is 10.9. The second-order valence-corrected chi connectivity index (χ2v) is 6.05. The molecule has 124 valence electrons. The van der Waals surface area contributed by atoms with E-state index in [9.17, 15) is 14.9 Å². The summed E-state index contributed by atoms with van der Waals surface area (Å²) in [7, 11) is 1.60. The summed E-state index contributed by atoms with van der Waals surface area (Å²) in [4.78, 5) is 25.1. The number of fused-ring (bicyclic) bond motifs is 1. The number of nitro groups is 1. The van der Waals surface area contributed by atoms with Crippen LogP contribution in [0.3, 0.4) is 0 Å². The van der Waals surface area contributed by atoms with Gasteiger partial charge in [-0.2, -0.15) is 0 Å². The van der Waals surface area contributed by atoms with E-state index in [0.29, 0.717) is 32.5 Å². The molecule has 0 saturated heterocycles. The number of methoxy groups -OCH3 is 1. The fraction of sp³-hybridized carbons (Fsp3) is 0.471. The molecule has 1 heterocycles. The van der Waals surface area contributed by atoms with Crippen LogP contribution in [0, 0.1) is 15.5 Å². The lowest BCUT2D eigenvalue weighted by atomic mass is 9.84. The number of hydrogen-bond donors (Lipinski definition) is 0. The number of nitro benzene ring substituents is 1. The van der Waals surface area contributed by atoms with Crippen molar-refractivity contribution in [2.75, 3.05) is 20.3 Å². The predicted molar refractivity (Wildman–Crippen MR) is 87.0 cm³/mol. The molecule has 0 spiro atoms. The zero-order valence-electron chi connectivity index (χ0n) is 13.6. The van der Waals surface area contributed by atoms with Gasteiger partial charge in [-0.3, -0.25) is 14.9 Å². The average Bonchev–Trinajstić information content (AvgIpc) is 2.57. The Bertz CT molecular complexity index is 629. The van der Waals surface area contributed by atoms with Crippen molar-refractivity contribution in [1.82, 2.24) is 4.90 Å². The molecule has 0 radical (unpaired) electrons. The Hall–Kier alpha value is -2.21. The van der Waals surface area contributed by atoms with E-state index in [1.54, 1.807) is 30.2 Å². The van der Waals surface area contributed by atoms with Crippen LogP contribution in [0.2, 0.25) is 0 Å². The van der Waals surface area contributed by atoms with Crippen molar-refractivity contribution >= 4 is 11.6 Å². The molecule has 23 heavy (non-hydrogen) atoms. The van der Waals surface area contributed by atoms with Crippen LogP contribution < -0.4 is 0 Å². The molecule has 1 aliphatic heterocycles. The zero-order valence-corrected chi connectivity index (χ0v) is 13.6. The average molecular weight is 318 g/mol. The molecule has 0 fully saturated rings. The molecule has 0 bridgehead atoms. The molecule has 1 amide bonds. The Morgan fingerprint density at radius 1 is 1.52 bits per heavy atom. The summed E-state index contributed by atoms with van der Waals surface area (Å²) in [5, 5.41) is 10.9. The van der Waals surface area contributed by atoms with Crippen LogP contribution in [0.15, 0.2) is 30.9 Å². The van der Waals surface area contributed by atoms with Gasteiger partial charge in [0.05, 0.1) is 10.3 Å². The van der Waals surface area contributed by atoms with Gasteiger partial charge in [0.15, 0.2) is 0 Å². The predicted octanol–water partition coefficient (Wildman–Crippen LogP) is 2.71. The van der Waals surface area contributed by atoms with E-state index in [1.807, 2.05) is 6.92 Å². The van der Waals surface area contributed by atoms with Crippen molar-refractivity contribution in [3.05, 3.63) is 52.1 Å². The topological polar surface area (TPSA) is 72.7 Å². The van der Waals surface area contributed by atoms with Gasteiger partial charge in [0.25, 0.3) is 5.69 Å².